The first-order chi connectivity index (χ1) is 27.1. The third kappa shape index (κ3) is 8.37. The van der Waals surface area contributed by atoms with Gasteiger partial charge in [0.1, 0.15) is 22.7 Å². The second-order valence-electron chi connectivity index (χ2n) is 13.7. The van der Waals surface area contributed by atoms with E-state index in [4.69, 9.17) is 21.3 Å². The number of nitrogens with zero attached hydrogens (tertiary/aromatic N) is 12. The largest absolute Gasteiger partial charge is 0.491 e. The third-order valence-corrected chi connectivity index (χ3v) is 9.22. The lowest BCUT2D eigenvalue weighted by Gasteiger charge is -2.13. The summed E-state index contributed by atoms with van der Waals surface area (Å²) < 4.78 is 9.45. The molecule has 0 aromatic carbocycles. The van der Waals surface area contributed by atoms with E-state index in [0.29, 0.717) is 63.5 Å². The fraction of sp³-hybridized carbons (Fsp3) is 0.250. The molecule has 0 bridgehead atoms. The van der Waals surface area contributed by atoms with Crippen LogP contribution in [-0.2, 0) is 14.1 Å². The topological polar surface area (TPSA) is 172 Å². The van der Waals surface area contributed by atoms with Gasteiger partial charge in [0.2, 0.25) is 0 Å². The molecule has 0 unspecified atom stereocenters. The number of rotatable bonds is 10. The zero-order valence-corrected chi connectivity index (χ0v) is 32.9. The van der Waals surface area contributed by atoms with E-state index in [1.54, 1.807) is 46.5 Å². The quantitative estimate of drug-likeness (QED) is 0.136. The van der Waals surface area contributed by atoms with Crippen molar-refractivity contribution in [2.75, 3.05) is 17.2 Å². The molecule has 0 aliphatic rings. The molecule has 284 valence electrons. The van der Waals surface area contributed by atoms with Crippen molar-refractivity contribution in [3.05, 3.63) is 102 Å². The van der Waals surface area contributed by atoms with Gasteiger partial charge in [-0.3, -0.25) is 19.3 Å². The van der Waals surface area contributed by atoms with Crippen molar-refractivity contribution in [1.29, 1.82) is 0 Å². The molecule has 0 amide bonds. The molecule has 16 heteroatoms. The van der Waals surface area contributed by atoms with Crippen LogP contribution in [0.25, 0.3) is 44.3 Å². The van der Waals surface area contributed by atoms with Crippen molar-refractivity contribution >= 4 is 56.9 Å². The summed E-state index contributed by atoms with van der Waals surface area (Å²) in [6.45, 7) is 10.9. The number of hydrogen-bond acceptors (Lipinski definition) is 13. The van der Waals surface area contributed by atoms with Crippen LogP contribution in [-0.4, -0.2) is 66.5 Å². The maximum absolute atomic E-state index is 6.63. The highest BCUT2D eigenvalue weighted by Gasteiger charge is 2.16. The van der Waals surface area contributed by atoms with Crippen molar-refractivity contribution in [1.82, 2.24) is 59.9 Å². The molecule has 8 aromatic rings. The average Bonchev–Trinajstić information content (AvgIpc) is 3.83. The zero-order valence-electron chi connectivity index (χ0n) is 32.1. The molecule has 0 aliphatic heterocycles. The predicted octanol–water partition coefficient (Wildman–Crippen LogP) is 8.43. The molecule has 56 heavy (non-hydrogen) atoms. The van der Waals surface area contributed by atoms with Gasteiger partial charge in [0.05, 0.1) is 47.5 Å². The van der Waals surface area contributed by atoms with E-state index < -0.39 is 0 Å². The maximum atomic E-state index is 6.63. The minimum Gasteiger partial charge on any atom is -0.491 e. The van der Waals surface area contributed by atoms with Crippen LogP contribution in [0, 0.1) is 0 Å². The molecule has 0 aliphatic carbocycles. The van der Waals surface area contributed by atoms with Gasteiger partial charge in [0.15, 0.2) is 17.4 Å². The predicted molar refractivity (Wildman–Crippen MR) is 218 cm³/mol. The van der Waals surface area contributed by atoms with Crippen LogP contribution >= 0.6 is 11.6 Å². The van der Waals surface area contributed by atoms with E-state index in [9.17, 15) is 0 Å². The Balaban J connectivity index is 0.000000172. The van der Waals surface area contributed by atoms with Gasteiger partial charge in [-0.1, -0.05) is 39.3 Å². The highest BCUT2D eigenvalue weighted by molar-refractivity contribution is 6.37. The summed E-state index contributed by atoms with van der Waals surface area (Å²) in [5.41, 5.74) is 8.48. The number of aromatic nitrogens is 12. The van der Waals surface area contributed by atoms with Crippen LogP contribution in [0.2, 0.25) is 5.02 Å². The molecule has 2 N–H and O–H groups in total. The maximum Gasteiger partial charge on any atom is 0.156 e. The van der Waals surface area contributed by atoms with Crippen LogP contribution in [0.1, 0.15) is 57.6 Å². The van der Waals surface area contributed by atoms with E-state index in [1.807, 2.05) is 69.8 Å². The highest BCUT2D eigenvalue weighted by Crippen LogP contribution is 2.36. The Kier molecular flexibility index (Phi) is 11.0. The van der Waals surface area contributed by atoms with Gasteiger partial charge in [0.25, 0.3) is 0 Å². The Hall–Kier alpha value is -6.61. The first-order valence-electron chi connectivity index (χ1n) is 18.1. The second kappa shape index (κ2) is 16.4. The minimum absolute atomic E-state index is 0.367. The van der Waals surface area contributed by atoms with Gasteiger partial charge in [-0.2, -0.15) is 20.4 Å². The molecule has 0 fully saturated rings. The van der Waals surface area contributed by atoms with Crippen molar-refractivity contribution < 1.29 is 4.74 Å². The van der Waals surface area contributed by atoms with Crippen molar-refractivity contribution in [2.24, 2.45) is 14.1 Å². The summed E-state index contributed by atoms with van der Waals surface area (Å²) >= 11 is 6.63. The minimum atomic E-state index is 0.367. The molecular formula is C40H41ClN14O. The Morgan fingerprint density at radius 3 is 1.64 bits per heavy atom. The van der Waals surface area contributed by atoms with Crippen LogP contribution in [0.5, 0.6) is 5.75 Å². The molecule has 8 aromatic heterocycles. The van der Waals surface area contributed by atoms with E-state index in [1.165, 1.54) is 0 Å². The van der Waals surface area contributed by atoms with Crippen molar-refractivity contribution in [2.45, 2.75) is 46.5 Å². The lowest BCUT2D eigenvalue weighted by molar-refractivity contribution is 0.345. The van der Waals surface area contributed by atoms with Crippen LogP contribution < -0.4 is 15.4 Å². The second-order valence-corrected chi connectivity index (χ2v) is 14.0. The van der Waals surface area contributed by atoms with Gasteiger partial charge < -0.3 is 15.4 Å². The Bertz CT molecular complexity index is 2640. The van der Waals surface area contributed by atoms with Gasteiger partial charge in [-0.25, -0.2) is 9.97 Å². The number of aryl methyl sites for hydroxylation is 2. The van der Waals surface area contributed by atoms with Gasteiger partial charge in [-0.05, 0) is 66.3 Å². The van der Waals surface area contributed by atoms with Gasteiger partial charge in [0, 0.05) is 61.1 Å². The van der Waals surface area contributed by atoms with Crippen LogP contribution in [0.15, 0.2) is 86.0 Å². The van der Waals surface area contributed by atoms with Crippen molar-refractivity contribution in [3.63, 3.8) is 0 Å². The van der Waals surface area contributed by atoms with E-state index in [0.717, 1.165) is 44.4 Å². The normalized spacial score (nSPS) is 11.2. The SMILES string of the molecule is CC(C)c1cnnc(Nc2ccc3ncc(-c4cnn(C)c4)c(Cl)c3n2)c1.CCOc1c(-c2cnn(C)c2)cnc2ccc(Nc3cc(C(C)C)cnn3)nc12. The monoisotopic (exact) mass is 768 g/mol. The average molecular weight is 769 g/mol. The fourth-order valence-corrected chi connectivity index (χ4v) is 6.11. The lowest BCUT2D eigenvalue weighted by atomic mass is 10.1. The summed E-state index contributed by atoms with van der Waals surface area (Å²) in [5.74, 6) is 4.00. The number of fused-ring (bicyclic) bond motifs is 2. The summed E-state index contributed by atoms with van der Waals surface area (Å²) in [6, 6.07) is 11.5. The van der Waals surface area contributed by atoms with Gasteiger partial charge >= 0.3 is 0 Å². The molecular weight excluding hydrogens is 728 g/mol. The van der Waals surface area contributed by atoms with Crippen molar-refractivity contribution in [3.8, 4) is 28.0 Å². The molecule has 0 radical (unpaired) electrons. The molecule has 8 heterocycles. The molecule has 0 saturated carbocycles. The zero-order chi connectivity index (χ0) is 39.3. The smallest absolute Gasteiger partial charge is 0.156 e. The lowest BCUT2D eigenvalue weighted by Crippen LogP contribution is -2.02. The molecule has 0 atom stereocenters. The fourth-order valence-electron chi connectivity index (χ4n) is 5.82. The number of hydrogen-bond donors (Lipinski definition) is 2. The number of ether oxygens (including phenoxy) is 1. The first-order valence-corrected chi connectivity index (χ1v) is 18.5. The first kappa shape index (κ1) is 37.7. The Labute approximate surface area is 328 Å². The number of pyridine rings is 4. The standard InChI is InChI=1S/C21H23N7O.C19H18ClN7/c1-5-29-21-16(15-10-24-28(4)12-15)11-22-17-6-7-18(26-20(17)21)25-19-8-14(13(2)3)9-23-27-19;1-11(2)12-6-17(26-22-7-12)24-16-5-4-15-19(25-16)18(20)14(9-21-15)13-8-23-27(3)10-13/h6-13H,5H2,1-4H3,(H,25,26,27);4-11H,1-3H3,(H,24,25,26). The highest BCUT2D eigenvalue weighted by atomic mass is 35.5. The van der Waals surface area contributed by atoms with Gasteiger partial charge in [-0.15, -0.1) is 10.2 Å². The number of halogens is 1. The van der Waals surface area contributed by atoms with E-state index >= 15 is 0 Å². The summed E-state index contributed by atoms with van der Waals surface area (Å²) in [6.07, 6.45) is 14.5. The summed E-state index contributed by atoms with van der Waals surface area (Å²) in [5, 5.41) is 31.8. The summed E-state index contributed by atoms with van der Waals surface area (Å²) in [7, 11) is 3.74. The molecule has 0 spiro atoms. The third-order valence-electron chi connectivity index (χ3n) is 8.83. The molecule has 0 saturated heterocycles. The number of nitrogens with one attached hydrogen (secondary N) is 2. The van der Waals surface area contributed by atoms with E-state index in [-0.39, 0.29) is 0 Å². The van der Waals surface area contributed by atoms with E-state index in [2.05, 4.69) is 83.9 Å². The Morgan fingerprint density at radius 1 is 0.643 bits per heavy atom. The van der Waals surface area contributed by atoms with Crippen LogP contribution in [0.4, 0.5) is 23.3 Å². The number of anilines is 4. The molecule has 8 rings (SSSR count). The molecule has 15 nitrogen and oxygen atoms in total. The Morgan fingerprint density at radius 2 is 1.14 bits per heavy atom. The summed E-state index contributed by atoms with van der Waals surface area (Å²) in [4.78, 5) is 18.4. The van der Waals surface area contributed by atoms with Crippen LogP contribution in [0.3, 0.4) is 0 Å².